The van der Waals surface area contributed by atoms with Gasteiger partial charge >= 0.3 is 0 Å². The molecule has 0 radical (unpaired) electrons. The van der Waals surface area contributed by atoms with Gasteiger partial charge in [0.25, 0.3) is 0 Å². The zero-order valence-electron chi connectivity index (χ0n) is 10.8. The van der Waals surface area contributed by atoms with Crippen molar-refractivity contribution in [1.82, 2.24) is 10.3 Å². The summed E-state index contributed by atoms with van der Waals surface area (Å²) in [6, 6.07) is 6.58. The number of hydrogen-bond donors (Lipinski definition) is 1. The van der Waals surface area contributed by atoms with E-state index in [-0.39, 0.29) is 5.60 Å². The van der Waals surface area contributed by atoms with Crippen LogP contribution in [-0.4, -0.2) is 24.2 Å². The molecule has 1 aromatic rings. The maximum Gasteiger partial charge on any atom is 0.109 e. The number of pyridine rings is 1. The van der Waals surface area contributed by atoms with Crippen molar-refractivity contribution in [3.63, 3.8) is 0 Å². The first-order chi connectivity index (χ1) is 8.24. The first kappa shape index (κ1) is 12.5. The van der Waals surface area contributed by atoms with Gasteiger partial charge in [0.05, 0.1) is 5.69 Å². The topological polar surface area (TPSA) is 34.1 Å². The van der Waals surface area contributed by atoms with Crippen molar-refractivity contribution >= 4 is 0 Å². The van der Waals surface area contributed by atoms with Gasteiger partial charge in [-0.15, -0.1) is 0 Å². The van der Waals surface area contributed by atoms with E-state index in [2.05, 4.69) is 30.2 Å². The Kier molecular flexibility index (Phi) is 4.13. The minimum Gasteiger partial charge on any atom is -0.369 e. The van der Waals surface area contributed by atoms with Gasteiger partial charge in [0.1, 0.15) is 5.60 Å². The molecule has 3 nitrogen and oxygen atoms in total. The molecule has 2 heterocycles. The Bertz CT molecular complexity index is 341. The zero-order valence-corrected chi connectivity index (χ0v) is 10.8. The monoisotopic (exact) mass is 234 g/mol. The molecule has 2 rings (SSSR count). The standard InChI is InChI=1S/C14H22N2O/c1-3-8-15-12-7-10-17-14(2,11-12)13-6-4-5-9-16-13/h4-6,9,12,15H,3,7-8,10-11H2,1-2H3. The largest absolute Gasteiger partial charge is 0.369 e. The summed E-state index contributed by atoms with van der Waals surface area (Å²) in [7, 11) is 0. The summed E-state index contributed by atoms with van der Waals surface area (Å²) < 4.78 is 5.96. The fourth-order valence-corrected chi connectivity index (χ4v) is 2.43. The molecular formula is C14H22N2O. The minimum absolute atomic E-state index is 0.231. The Morgan fingerprint density at radius 3 is 3.12 bits per heavy atom. The minimum atomic E-state index is -0.231. The number of nitrogens with one attached hydrogen (secondary N) is 1. The second-order valence-corrected chi connectivity index (χ2v) is 4.94. The van der Waals surface area contributed by atoms with Gasteiger partial charge in [-0.2, -0.15) is 0 Å². The molecular weight excluding hydrogens is 212 g/mol. The molecule has 3 heteroatoms. The number of aromatic nitrogens is 1. The van der Waals surface area contributed by atoms with E-state index >= 15 is 0 Å². The van der Waals surface area contributed by atoms with Crippen LogP contribution in [0.25, 0.3) is 0 Å². The molecule has 0 amide bonds. The van der Waals surface area contributed by atoms with Crippen LogP contribution in [0.1, 0.15) is 38.8 Å². The number of ether oxygens (including phenoxy) is 1. The fraction of sp³-hybridized carbons (Fsp3) is 0.643. The van der Waals surface area contributed by atoms with Gasteiger partial charge in [-0.25, -0.2) is 0 Å². The average Bonchev–Trinajstić information content (AvgIpc) is 2.38. The number of rotatable bonds is 4. The predicted molar refractivity (Wildman–Crippen MR) is 68.9 cm³/mol. The molecule has 17 heavy (non-hydrogen) atoms. The van der Waals surface area contributed by atoms with E-state index in [4.69, 9.17) is 4.74 Å². The predicted octanol–water partition coefficient (Wildman–Crippen LogP) is 2.48. The first-order valence-electron chi connectivity index (χ1n) is 6.53. The van der Waals surface area contributed by atoms with E-state index in [0.717, 1.165) is 31.7 Å². The molecule has 0 spiro atoms. The molecule has 1 aliphatic heterocycles. The van der Waals surface area contributed by atoms with E-state index in [0.29, 0.717) is 6.04 Å². The molecule has 0 aromatic carbocycles. The van der Waals surface area contributed by atoms with Crippen molar-refractivity contribution in [2.45, 2.75) is 44.8 Å². The van der Waals surface area contributed by atoms with Gasteiger partial charge in [-0.1, -0.05) is 13.0 Å². The Morgan fingerprint density at radius 1 is 1.53 bits per heavy atom. The van der Waals surface area contributed by atoms with Crippen LogP contribution in [0.3, 0.4) is 0 Å². The van der Waals surface area contributed by atoms with Crippen LogP contribution in [-0.2, 0) is 10.3 Å². The van der Waals surface area contributed by atoms with Crippen molar-refractivity contribution < 1.29 is 4.74 Å². The van der Waals surface area contributed by atoms with Gasteiger partial charge in [0.2, 0.25) is 0 Å². The SMILES string of the molecule is CCCNC1CCOC(C)(c2ccccn2)C1. The number of hydrogen-bond acceptors (Lipinski definition) is 3. The highest BCUT2D eigenvalue weighted by atomic mass is 16.5. The Labute approximate surface area is 104 Å². The summed E-state index contributed by atoms with van der Waals surface area (Å²) in [4.78, 5) is 4.44. The highest BCUT2D eigenvalue weighted by Crippen LogP contribution is 2.33. The van der Waals surface area contributed by atoms with Crippen LogP contribution in [0.5, 0.6) is 0 Å². The fourth-order valence-electron chi connectivity index (χ4n) is 2.43. The molecule has 1 aromatic heterocycles. The summed E-state index contributed by atoms with van der Waals surface area (Å²) in [5.74, 6) is 0. The Hall–Kier alpha value is -0.930. The summed E-state index contributed by atoms with van der Waals surface area (Å²) in [6.45, 7) is 6.25. The summed E-state index contributed by atoms with van der Waals surface area (Å²) in [5, 5.41) is 3.59. The second kappa shape index (κ2) is 5.61. The van der Waals surface area contributed by atoms with Crippen LogP contribution < -0.4 is 5.32 Å². The van der Waals surface area contributed by atoms with E-state index in [1.165, 1.54) is 6.42 Å². The third-order valence-corrected chi connectivity index (χ3v) is 3.41. The van der Waals surface area contributed by atoms with Crippen LogP contribution in [0, 0.1) is 0 Å². The molecule has 0 bridgehead atoms. The second-order valence-electron chi connectivity index (χ2n) is 4.94. The average molecular weight is 234 g/mol. The quantitative estimate of drug-likeness (QED) is 0.869. The molecule has 2 atom stereocenters. The van der Waals surface area contributed by atoms with Crippen molar-refractivity contribution in [2.75, 3.05) is 13.2 Å². The van der Waals surface area contributed by atoms with Gasteiger partial charge in [-0.05, 0) is 44.9 Å². The molecule has 94 valence electrons. The number of nitrogens with zero attached hydrogens (tertiary/aromatic N) is 1. The van der Waals surface area contributed by atoms with E-state index in [1.807, 2.05) is 18.3 Å². The first-order valence-corrected chi connectivity index (χ1v) is 6.53. The lowest BCUT2D eigenvalue weighted by atomic mass is 9.89. The smallest absolute Gasteiger partial charge is 0.109 e. The van der Waals surface area contributed by atoms with Crippen molar-refractivity contribution in [1.29, 1.82) is 0 Å². The summed E-state index contributed by atoms with van der Waals surface area (Å²) >= 11 is 0. The van der Waals surface area contributed by atoms with Crippen molar-refractivity contribution in [3.05, 3.63) is 30.1 Å². The lowest BCUT2D eigenvalue weighted by molar-refractivity contribution is -0.0839. The molecule has 2 unspecified atom stereocenters. The Morgan fingerprint density at radius 2 is 2.41 bits per heavy atom. The zero-order chi connectivity index (χ0) is 12.1. The van der Waals surface area contributed by atoms with Crippen LogP contribution in [0.15, 0.2) is 24.4 Å². The molecule has 1 fully saturated rings. The van der Waals surface area contributed by atoms with Crippen molar-refractivity contribution in [3.8, 4) is 0 Å². The van der Waals surface area contributed by atoms with Crippen LogP contribution >= 0.6 is 0 Å². The van der Waals surface area contributed by atoms with Gasteiger partial charge < -0.3 is 10.1 Å². The van der Waals surface area contributed by atoms with E-state index in [1.54, 1.807) is 0 Å². The molecule has 1 saturated heterocycles. The third kappa shape index (κ3) is 3.05. The molecule has 1 N–H and O–H groups in total. The maximum atomic E-state index is 5.96. The highest BCUT2D eigenvalue weighted by molar-refractivity contribution is 5.13. The van der Waals surface area contributed by atoms with Gasteiger partial charge in [0, 0.05) is 18.8 Å². The highest BCUT2D eigenvalue weighted by Gasteiger charge is 2.35. The summed E-state index contributed by atoms with van der Waals surface area (Å²) in [6.07, 6.45) is 5.12. The lowest BCUT2D eigenvalue weighted by Crippen LogP contribution is -2.44. The molecule has 1 aliphatic rings. The van der Waals surface area contributed by atoms with Crippen LogP contribution in [0.2, 0.25) is 0 Å². The van der Waals surface area contributed by atoms with Gasteiger partial charge in [0.15, 0.2) is 0 Å². The normalized spacial score (nSPS) is 29.2. The third-order valence-electron chi connectivity index (χ3n) is 3.41. The summed E-state index contributed by atoms with van der Waals surface area (Å²) in [5.41, 5.74) is 0.813. The molecule has 0 aliphatic carbocycles. The van der Waals surface area contributed by atoms with Crippen molar-refractivity contribution in [2.24, 2.45) is 0 Å². The van der Waals surface area contributed by atoms with Crippen LogP contribution in [0.4, 0.5) is 0 Å². The lowest BCUT2D eigenvalue weighted by Gasteiger charge is -2.38. The Balaban J connectivity index is 2.04. The van der Waals surface area contributed by atoms with E-state index in [9.17, 15) is 0 Å². The van der Waals surface area contributed by atoms with Gasteiger partial charge in [-0.3, -0.25) is 4.98 Å². The molecule has 0 saturated carbocycles. The van der Waals surface area contributed by atoms with E-state index < -0.39 is 0 Å². The maximum absolute atomic E-state index is 5.96.